The van der Waals surface area contributed by atoms with Crippen molar-refractivity contribution in [2.45, 2.75) is 45.7 Å². The van der Waals surface area contributed by atoms with Crippen LogP contribution in [0.4, 0.5) is 4.79 Å². The van der Waals surface area contributed by atoms with Gasteiger partial charge in [0.25, 0.3) is 0 Å². The third kappa shape index (κ3) is 6.64. The fourth-order valence-electron chi connectivity index (χ4n) is 1.50. The lowest BCUT2D eigenvalue weighted by Gasteiger charge is -2.22. The molecule has 0 radical (unpaired) electrons. The Bertz CT molecular complexity index is 330. The molecule has 110 valence electrons. The number of carboxylic acid groups (broad SMARTS) is 1. The Kier molecular flexibility index (Phi) is 7.55. The number of amides is 2. The van der Waals surface area contributed by atoms with Crippen LogP contribution in [0.1, 0.15) is 33.6 Å². The van der Waals surface area contributed by atoms with Crippen molar-refractivity contribution >= 4 is 18.0 Å². The first-order valence-electron chi connectivity index (χ1n) is 6.18. The maximum atomic E-state index is 11.7. The van der Waals surface area contributed by atoms with Gasteiger partial charge in [-0.2, -0.15) is 0 Å². The van der Waals surface area contributed by atoms with E-state index in [4.69, 9.17) is 5.11 Å². The number of hydrogen-bond donors (Lipinski definition) is 3. The van der Waals surface area contributed by atoms with Crippen LogP contribution in [0.25, 0.3) is 0 Å². The van der Waals surface area contributed by atoms with Crippen molar-refractivity contribution < 1.29 is 24.2 Å². The molecule has 0 aromatic rings. The molecule has 0 saturated heterocycles. The lowest BCUT2D eigenvalue weighted by molar-refractivity contribution is -0.144. The van der Waals surface area contributed by atoms with E-state index < -0.39 is 30.1 Å². The highest BCUT2D eigenvalue weighted by Gasteiger charge is 2.25. The van der Waals surface area contributed by atoms with Gasteiger partial charge in [0, 0.05) is 6.04 Å². The maximum Gasteiger partial charge on any atom is 0.328 e. The number of aliphatic carboxylic acids is 1. The van der Waals surface area contributed by atoms with Gasteiger partial charge in [0.1, 0.15) is 6.04 Å². The van der Waals surface area contributed by atoms with Gasteiger partial charge in [0.2, 0.25) is 0 Å². The van der Waals surface area contributed by atoms with Gasteiger partial charge in [-0.05, 0) is 12.3 Å². The lowest BCUT2D eigenvalue weighted by atomic mass is 10.1. The molecule has 0 aliphatic carbocycles. The van der Waals surface area contributed by atoms with Gasteiger partial charge in [-0.25, -0.2) is 9.59 Å². The summed E-state index contributed by atoms with van der Waals surface area (Å²) in [6.45, 7) is 5.32. The van der Waals surface area contributed by atoms with Crippen molar-refractivity contribution in [2.75, 3.05) is 7.11 Å². The molecular formula is C12H22N2O5. The van der Waals surface area contributed by atoms with Gasteiger partial charge < -0.3 is 20.5 Å². The summed E-state index contributed by atoms with van der Waals surface area (Å²) in [5.74, 6) is -1.64. The molecule has 3 N–H and O–H groups in total. The average molecular weight is 274 g/mol. The van der Waals surface area contributed by atoms with Gasteiger partial charge in [-0.1, -0.05) is 20.8 Å². The fraction of sp³-hybridized carbons (Fsp3) is 0.750. The predicted molar refractivity (Wildman–Crippen MR) is 68.6 cm³/mol. The van der Waals surface area contributed by atoms with Crippen molar-refractivity contribution in [2.24, 2.45) is 5.92 Å². The molecular weight excluding hydrogens is 252 g/mol. The van der Waals surface area contributed by atoms with Crippen molar-refractivity contribution in [3.05, 3.63) is 0 Å². The van der Waals surface area contributed by atoms with Crippen LogP contribution in [0.5, 0.6) is 0 Å². The Morgan fingerprint density at radius 1 is 1.21 bits per heavy atom. The third-order valence-electron chi connectivity index (χ3n) is 2.66. The molecule has 0 rings (SSSR count). The Labute approximate surface area is 112 Å². The number of methoxy groups -OCH3 is 1. The standard InChI is InChI=1S/C12H22N2O5/c1-5-8(6-9(15)16)13-12(18)14-10(7(2)3)11(17)19-4/h7-8,10H,5-6H2,1-4H3,(H,15,16)(H2,13,14,18). The topological polar surface area (TPSA) is 105 Å². The Balaban J connectivity index is 4.48. The summed E-state index contributed by atoms with van der Waals surface area (Å²) >= 11 is 0. The van der Waals surface area contributed by atoms with E-state index in [1.54, 1.807) is 20.8 Å². The second kappa shape index (κ2) is 8.34. The number of nitrogens with one attached hydrogen (secondary N) is 2. The molecule has 2 atom stereocenters. The normalized spacial score (nSPS) is 13.5. The minimum absolute atomic E-state index is 0.127. The molecule has 19 heavy (non-hydrogen) atoms. The van der Waals surface area contributed by atoms with E-state index in [1.807, 2.05) is 0 Å². The number of ether oxygens (including phenoxy) is 1. The monoisotopic (exact) mass is 274 g/mol. The summed E-state index contributed by atoms with van der Waals surface area (Å²) in [5.41, 5.74) is 0. The lowest BCUT2D eigenvalue weighted by Crippen LogP contribution is -2.51. The first-order valence-corrected chi connectivity index (χ1v) is 6.18. The molecule has 0 saturated carbocycles. The number of carboxylic acids is 1. The number of esters is 1. The summed E-state index contributed by atoms with van der Waals surface area (Å²) in [6, 6.07) is -1.80. The van der Waals surface area contributed by atoms with Crippen LogP contribution in [0.3, 0.4) is 0 Å². The van der Waals surface area contributed by atoms with Crippen LogP contribution in [0.2, 0.25) is 0 Å². The van der Waals surface area contributed by atoms with Crippen LogP contribution < -0.4 is 10.6 Å². The number of carbonyl (C=O) groups excluding carboxylic acids is 2. The maximum absolute atomic E-state index is 11.7. The summed E-state index contributed by atoms with van der Waals surface area (Å²) < 4.78 is 4.59. The molecule has 2 unspecified atom stereocenters. The first-order chi connectivity index (χ1) is 8.81. The zero-order valence-electron chi connectivity index (χ0n) is 11.7. The molecule has 0 heterocycles. The van der Waals surface area contributed by atoms with E-state index in [9.17, 15) is 14.4 Å². The SMILES string of the molecule is CCC(CC(=O)O)NC(=O)NC(C(=O)OC)C(C)C. The molecule has 0 aliphatic heterocycles. The quantitative estimate of drug-likeness (QED) is 0.594. The summed E-state index contributed by atoms with van der Waals surface area (Å²) in [7, 11) is 1.25. The zero-order valence-corrected chi connectivity index (χ0v) is 11.7. The summed E-state index contributed by atoms with van der Waals surface area (Å²) in [5, 5.41) is 13.7. The van der Waals surface area contributed by atoms with E-state index in [2.05, 4.69) is 15.4 Å². The number of urea groups is 1. The van der Waals surface area contributed by atoms with Gasteiger partial charge in [-0.3, -0.25) is 4.79 Å². The van der Waals surface area contributed by atoms with Crippen LogP contribution in [0, 0.1) is 5.92 Å². The highest BCUT2D eigenvalue weighted by atomic mass is 16.5. The Morgan fingerprint density at radius 3 is 2.16 bits per heavy atom. The van der Waals surface area contributed by atoms with Crippen LogP contribution in [-0.4, -0.2) is 42.3 Å². The van der Waals surface area contributed by atoms with Crippen LogP contribution >= 0.6 is 0 Å². The Hall–Kier alpha value is -1.79. The van der Waals surface area contributed by atoms with Crippen molar-refractivity contribution in [1.82, 2.24) is 10.6 Å². The van der Waals surface area contributed by atoms with Crippen molar-refractivity contribution in [3.8, 4) is 0 Å². The molecule has 0 aromatic heterocycles. The second-order valence-corrected chi connectivity index (χ2v) is 4.57. The Morgan fingerprint density at radius 2 is 1.79 bits per heavy atom. The number of hydrogen-bond acceptors (Lipinski definition) is 4. The van der Waals surface area contributed by atoms with Crippen LogP contribution in [0.15, 0.2) is 0 Å². The summed E-state index contributed by atoms with van der Waals surface area (Å²) in [4.78, 5) is 33.8. The largest absolute Gasteiger partial charge is 0.481 e. The van der Waals surface area contributed by atoms with Gasteiger partial charge in [0.15, 0.2) is 0 Å². The van der Waals surface area contributed by atoms with Gasteiger partial charge >= 0.3 is 18.0 Å². The molecule has 0 bridgehead atoms. The van der Waals surface area contributed by atoms with Crippen LogP contribution in [-0.2, 0) is 14.3 Å². The summed E-state index contributed by atoms with van der Waals surface area (Å²) in [6.07, 6.45) is 0.332. The highest BCUT2D eigenvalue weighted by Crippen LogP contribution is 2.04. The van der Waals surface area contributed by atoms with E-state index >= 15 is 0 Å². The average Bonchev–Trinajstić information content (AvgIpc) is 2.33. The highest BCUT2D eigenvalue weighted by molar-refractivity contribution is 5.84. The van der Waals surface area contributed by atoms with Crippen molar-refractivity contribution in [1.29, 1.82) is 0 Å². The molecule has 2 amide bonds. The first kappa shape index (κ1) is 17.2. The molecule has 7 heteroatoms. The zero-order chi connectivity index (χ0) is 15.0. The third-order valence-corrected chi connectivity index (χ3v) is 2.66. The molecule has 0 aromatic carbocycles. The number of carbonyl (C=O) groups is 3. The predicted octanol–water partition coefficient (Wildman–Crippen LogP) is 0.737. The van der Waals surface area contributed by atoms with E-state index in [0.29, 0.717) is 6.42 Å². The minimum atomic E-state index is -0.986. The van der Waals surface area contributed by atoms with E-state index in [1.165, 1.54) is 7.11 Å². The van der Waals surface area contributed by atoms with Crippen molar-refractivity contribution in [3.63, 3.8) is 0 Å². The molecule has 0 fully saturated rings. The molecule has 0 spiro atoms. The molecule has 0 aliphatic rings. The second-order valence-electron chi connectivity index (χ2n) is 4.57. The fourth-order valence-corrected chi connectivity index (χ4v) is 1.50. The molecule has 7 nitrogen and oxygen atoms in total. The van der Waals surface area contributed by atoms with E-state index in [-0.39, 0.29) is 12.3 Å². The number of rotatable bonds is 7. The van der Waals surface area contributed by atoms with Gasteiger partial charge in [0.05, 0.1) is 13.5 Å². The smallest absolute Gasteiger partial charge is 0.328 e. The van der Waals surface area contributed by atoms with Gasteiger partial charge in [-0.15, -0.1) is 0 Å². The minimum Gasteiger partial charge on any atom is -0.481 e. The van der Waals surface area contributed by atoms with E-state index in [0.717, 1.165) is 0 Å².